The Kier molecular flexibility index (Phi) is 4.82. The molecule has 0 atom stereocenters. The fraction of sp³-hybridized carbons (Fsp3) is 0.357. The summed E-state index contributed by atoms with van der Waals surface area (Å²) in [5, 5.41) is 19.2. The second kappa shape index (κ2) is 6.59. The summed E-state index contributed by atoms with van der Waals surface area (Å²) in [6, 6.07) is 5.11. The van der Waals surface area contributed by atoms with E-state index < -0.39 is 0 Å². The molecule has 1 aromatic carbocycles. The molecule has 0 aliphatic heterocycles. The van der Waals surface area contributed by atoms with Gasteiger partial charge < -0.3 is 14.8 Å². The SMILES string of the molecule is OCCCCn1ccnc1Cc1ccc(Cl)cc1O. The van der Waals surface area contributed by atoms with Gasteiger partial charge in [-0.05, 0) is 25.0 Å². The Bertz CT molecular complexity index is 540. The molecule has 0 spiro atoms. The number of aryl methyl sites for hydroxylation is 1. The van der Waals surface area contributed by atoms with Crippen molar-refractivity contribution >= 4 is 11.6 Å². The lowest BCUT2D eigenvalue weighted by atomic mass is 10.1. The largest absolute Gasteiger partial charge is 0.508 e. The predicted molar refractivity (Wildman–Crippen MR) is 74.5 cm³/mol. The van der Waals surface area contributed by atoms with Crippen molar-refractivity contribution in [2.24, 2.45) is 0 Å². The summed E-state index contributed by atoms with van der Waals surface area (Å²) >= 11 is 5.81. The van der Waals surface area contributed by atoms with Gasteiger partial charge in [-0.2, -0.15) is 0 Å². The van der Waals surface area contributed by atoms with Crippen molar-refractivity contribution in [2.45, 2.75) is 25.8 Å². The molecule has 0 unspecified atom stereocenters. The fourth-order valence-corrected chi connectivity index (χ4v) is 2.13. The third-order valence-electron chi connectivity index (χ3n) is 3.00. The van der Waals surface area contributed by atoms with E-state index in [0.717, 1.165) is 30.8 Å². The van der Waals surface area contributed by atoms with E-state index in [9.17, 15) is 5.11 Å². The van der Waals surface area contributed by atoms with Crippen LogP contribution >= 0.6 is 11.6 Å². The molecule has 0 amide bonds. The van der Waals surface area contributed by atoms with Crippen molar-refractivity contribution in [3.05, 3.63) is 47.0 Å². The molecular formula is C14H17ClN2O2. The van der Waals surface area contributed by atoms with Gasteiger partial charge >= 0.3 is 0 Å². The Morgan fingerprint density at radius 2 is 2.11 bits per heavy atom. The number of aromatic nitrogens is 2. The normalized spacial score (nSPS) is 10.8. The molecule has 0 saturated heterocycles. The van der Waals surface area contributed by atoms with Crippen molar-refractivity contribution < 1.29 is 10.2 Å². The molecule has 5 heteroatoms. The zero-order valence-electron chi connectivity index (χ0n) is 10.6. The topological polar surface area (TPSA) is 58.3 Å². The lowest BCUT2D eigenvalue weighted by Crippen LogP contribution is -2.05. The smallest absolute Gasteiger partial charge is 0.120 e. The first kappa shape index (κ1) is 13.9. The van der Waals surface area contributed by atoms with E-state index >= 15 is 0 Å². The van der Waals surface area contributed by atoms with Gasteiger partial charge in [0.15, 0.2) is 0 Å². The van der Waals surface area contributed by atoms with Crippen molar-refractivity contribution in [1.82, 2.24) is 9.55 Å². The van der Waals surface area contributed by atoms with Gasteiger partial charge in [-0.3, -0.25) is 0 Å². The van der Waals surface area contributed by atoms with Crippen molar-refractivity contribution in [1.29, 1.82) is 0 Å². The molecule has 19 heavy (non-hydrogen) atoms. The number of aliphatic hydroxyl groups excluding tert-OH is 1. The van der Waals surface area contributed by atoms with Gasteiger partial charge in [-0.15, -0.1) is 0 Å². The van der Waals surface area contributed by atoms with Crippen LogP contribution in [-0.2, 0) is 13.0 Å². The summed E-state index contributed by atoms with van der Waals surface area (Å²) in [4.78, 5) is 4.31. The van der Waals surface area contributed by atoms with Gasteiger partial charge in [0.25, 0.3) is 0 Å². The van der Waals surface area contributed by atoms with Crippen LogP contribution in [0.1, 0.15) is 24.2 Å². The summed E-state index contributed by atoms with van der Waals surface area (Å²) in [5.41, 5.74) is 0.805. The minimum absolute atomic E-state index is 0.192. The number of rotatable bonds is 6. The van der Waals surface area contributed by atoms with Crippen LogP contribution in [-0.4, -0.2) is 26.4 Å². The highest BCUT2D eigenvalue weighted by Crippen LogP contribution is 2.24. The van der Waals surface area contributed by atoms with E-state index in [0.29, 0.717) is 11.4 Å². The minimum Gasteiger partial charge on any atom is -0.508 e. The maximum atomic E-state index is 9.84. The van der Waals surface area contributed by atoms with E-state index in [1.165, 1.54) is 6.07 Å². The second-order valence-corrected chi connectivity index (χ2v) is 4.85. The number of phenols is 1. The average molecular weight is 281 g/mol. The number of aliphatic hydroxyl groups is 1. The van der Waals surface area contributed by atoms with Gasteiger partial charge in [0, 0.05) is 42.6 Å². The monoisotopic (exact) mass is 280 g/mol. The lowest BCUT2D eigenvalue weighted by Gasteiger charge is -2.08. The second-order valence-electron chi connectivity index (χ2n) is 4.42. The third kappa shape index (κ3) is 3.72. The Labute approximate surface area is 117 Å². The van der Waals surface area contributed by atoms with Gasteiger partial charge in [0.1, 0.15) is 11.6 Å². The van der Waals surface area contributed by atoms with Crippen molar-refractivity contribution in [2.75, 3.05) is 6.61 Å². The first-order valence-electron chi connectivity index (χ1n) is 6.29. The molecule has 0 radical (unpaired) electrons. The van der Waals surface area contributed by atoms with Crippen molar-refractivity contribution in [3.8, 4) is 5.75 Å². The summed E-state index contributed by atoms with van der Waals surface area (Å²) < 4.78 is 2.05. The molecule has 0 aliphatic carbocycles. The van der Waals surface area contributed by atoms with Gasteiger partial charge in [0.2, 0.25) is 0 Å². The fourth-order valence-electron chi connectivity index (χ4n) is 1.96. The maximum Gasteiger partial charge on any atom is 0.120 e. The Morgan fingerprint density at radius 3 is 2.84 bits per heavy atom. The van der Waals surface area contributed by atoms with E-state index in [-0.39, 0.29) is 12.4 Å². The van der Waals surface area contributed by atoms with Gasteiger partial charge in [-0.1, -0.05) is 17.7 Å². The van der Waals surface area contributed by atoms with Crippen LogP contribution in [0.3, 0.4) is 0 Å². The van der Waals surface area contributed by atoms with Crippen LogP contribution in [0, 0.1) is 0 Å². The predicted octanol–water partition coefficient (Wildman–Crippen LogP) is 2.61. The Morgan fingerprint density at radius 1 is 1.26 bits per heavy atom. The van der Waals surface area contributed by atoms with Crippen LogP contribution in [0.15, 0.2) is 30.6 Å². The molecule has 2 N–H and O–H groups in total. The number of unbranched alkanes of at least 4 members (excludes halogenated alkanes) is 1. The van der Waals surface area contributed by atoms with Crippen LogP contribution < -0.4 is 0 Å². The molecule has 0 saturated carbocycles. The molecule has 1 heterocycles. The first-order valence-corrected chi connectivity index (χ1v) is 6.67. The first-order chi connectivity index (χ1) is 9.20. The summed E-state index contributed by atoms with van der Waals surface area (Å²) in [6.07, 6.45) is 5.92. The highest BCUT2D eigenvalue weighted by molar-refractivity contribution is 6.30. The van der Waals surface area contributed by atoms with Crippen LogP contribution in [0.4, 0.5) is 0 Å². The summed E-state index contributed by atoms with van der Waals surface area (Å²) in [5.74, 6) is 1.09. The van der Waals surface area contributed by atoms with Crippen LogP contribution in [0.5, 0.6) is 5.75 Å². The van der Waals surface area contributed by atoms with E-state index in [1.54, 1.807) is 12.3 Å². The zero-order chi connectivity index (χ0) is 13.7. The molecule has 2 aromatic rings. The number of nitrogens with zero attached hydrogens (tertiary/aromatic N) is 2. The highest BCUT2D eigenvalue weighted by Gasteiger charge is 2.08. The summed E-state index contributed by atoms with van der Waals surface area (Å²) in [6.45, 7) is 1.03. The van der Waals surface area contributed by atoms with E-state index in [1.807, 2.05) is 16.8 Å². The number of halogens is 1. The lowest BCUT2D eigenvalue weighted by molar-refractivity contribution is 0.281. The number of hydrogen-bond donors (Lipinski definition) is 2. The molecule has 0 fully saturated rings. The minimum atomic E-state index is 0.192. The van der Waals surface area contributed by atoms with Crippen molar-refractivity contribution in [3.63, 3.8) is 0 Å². The number of imidazole rings is 1. The van der Waals surface area contributed by atoms with E-state index in [4.69, 9.17) is 16.7 Å². The standard InChI is InChI=1S/C14H17ClN2O2/c15-12-4-3-11(13(19)10-12)9-14-16-5-7-17(14)6-1-2-8-18/h3-5,7,10,18-19H,1-2,6,8-9H2. The highest BCUT2D eigenvalue weighted by atomic mass is 35.5. The maximum absolute atomic E-state index is 9.84. The number of aromatic hydroxyl groups is 1. The number of benzene rings is 1. The van der Waals surface area contributed by atoms with Gasteiger partial charge in [-0.25, -0.2) is 4.98 Å². The Balaban J connectivity index is 2.08. The van der Waals surface area contributed by atoms with E-state index in [2.05, 4.69) is 4.98 Å². The van der Waals surface area contributed by atoms with Crippen LogP contribution in [0.2, 0.25) is 5.02 Å². The number of hydrogen-bond acceptors (Lipinski definition) is 3. The third-order valence-corrected chi connectivity index (χ3v) is 3.24. The average Bonchev–Trinajstić information content (AvgIpc) is 2.81. The molecule has 1 aromatic heterocycles. The summed E-state index contributed by atoms with van der Waals surface area (Å²) in [7, 11) is 0. The molecule has 0 aliphatic rings. The zero-order valence-corrected chi connectivity index (χ0v) is 11.3. The molecule has 102 valence electrons. The molecule has 0 bridgehead atoms. The quantitative estimate of drug-likeness (QED) is 0.800. The van der Waals surface area contributed by atoms with Crippen LogP contribution in [0.25, 0.3) is 0 Å². The molecular weight excluding hydrogens is 264 g/mol. The van der Waals surface area contributed by atoms with Gasteiger partial charge in [0.05, 0.1) is 0 Å². The Hall–Kier alpha value is -1.52. The molecule has 2 rings (SSSR count). The molecule has 4 nitrogen and oxygen atoms in total. The number of phenolic OH excluding ortho intramolecular Hbond substituents is 1.